The number of hydrazone groups is 1. The fourth-order valence-corrected chi connectivity index (χ4v) is 3.32. The third kappa shape index (κ3) is 4.26. The van der Waals surface area contributed by atoms with E-state index in [2.05, 4.69) is 5.10 Å². The zero-order valence-corrected chi connectivity index (χ0v) is 16.9. The molecule has 0 unspecified atom stereocenters. The van der Waals surface area contributed by atoms with E-state index in [1.807, 2.05) is 30.3 Å². The highest BCUT2D eigenvalue weighted by molar-refractivity contribution is 6.33. The van der Waals surface area contributed by atoms with Gasteiger partial charge in [-0.25, -0.2) is 4.39 Å². The Morgan fingerprint density at radius 2 is 1.87 bits per heavy atom. The molecule has 0 radical (unpaired) electrons. The van der Waals surface area contributed by atoms with Gasteiger partial charge in [0.25, 0.3) is 5.91 Å². The van der Waals surface area contributed by atoms with Gasteiger partial charge in [0, 0.05) is 10.6 Å². The summed E-state index contributed by atoms with van der Waals surface area (Å²) in [5.41, 5.74) is 3.09. The molecule has 0 bridgehead atoms. The summed E-state index contributed by atoms with van der Waals surface area (Å²) in [7, 11) is 0. The van der Waals surface area contributed by atoms with Crippen molar-refractivity contribution >= 4 is 35.0 Å². The molecule has 3 aromatic carbocycles. The highest BCUT2D eigenvalue weighted by atomic mass is 35.5. The Balaban J connectivity index is 1.62. The van der Waals surface area contributed by atoms with Crippen LogP contribution < -0.4 is 9.75 Å². The van der Waals surface area contributed by atoms with E-state index in [1.54, 1.807) is 43.3 Å². The van der Waals surface area contributed by atoms with Crippen molar-refractivity contribution in [3.63, 3.8) is 0 Å². The third-order valence-corrected chi connectivity index (χ3v) is 4.85. The fourth-order valence-electron chi connectivity index (χ4n) is 3.14. The van der Waals surface area contributed by atoms with Gasteiger partial charge in [0.05, 0.1) is 17.0 Å². The first-order chi connectivity index (χ1) is 14.5. The summed E-state index contributed by atoms with van der Waals surface area (Å²) in [6, 6.07) is 20.6. The van der Waals surface area contributed by atoms with Gasteiger partial charge in [-0.3, -0.25) is 4.79 Å². The highest BCUT2D eigenvalue weighted by Gasteiger charge is 2.28. The molecule has 0 aliphatic carbocycles. The van der Waals surface area contributed by atoms with Crippen LogP contribution in [-0.4, -0.2) is 11.6 Å². The van der Waals surface area contributed by atoms with Crippen molar-refractivity contribution in [2.24, 2.45) is 5.10 Å². The van der Waals surface area contributed by atoms with Crippen LogP contribution in [0.2, 0.25) is 5.02 Å². The molecule has 1 heterocycles. The first kappa shape index (κ1) is 19.9. The highest BCUT2D eigenvalue weighted by Crippen LogP contribution is 2.30. The number of benzene rings is 3. The normalized spacial score (nSPS) is 14.9. The standard InChI is InChI=1S/C24H18ClFN2O2/c1-16-22(24(29)28(27-16)21-8-3-2-4-9-21)14-18-13-19(25)10-11-23(18)30-15-17-6-5-7-20(26)12-17/h2-14H,15H2,1H3/b22-14+. The van der Waals surface area contributed by atoms with E-state index in [0.717, 1.165) is 0 Å². The van der Waals surface area contributed by atoms with E-state index in [9.17, 15) is 9.18 Å². The van der Waals surface area contributed by atoms with Crippen LogP contribution in [0, 0.1) is 5.82 Å². The Morgan fingerprint density at radius 1 is 1.07 bits per heavy atom. The van der Waals surface area contributed by atoms with Crippen LogP contribution in [-0.2, 0) is 11.4 Å². The Kier molecular flexibility index (Phi) is 5.63. The number of carbonyl (C=O) groups is 1. The Bertz CT molecular complexity index is 1160. The molecule has 0 saturated carbocycles. The molecule has 0 saturated heterocycles. The Hall–Kier alpha value is -3.44. The lowest BCUT2D eigenvalue weighted by atomic mass is 10.1. The fraction of sp³-hybridized carbons (Fsp3) is 0.0833. The molecular formula is C24H18ClFN2O2. The van der Waals surface area contributed by atoms with Gasteiger partial charge in [-0.2, -0.15) is 10.1 Å². The van der Waals surface area contributed by atoms with E-state index in [-0.39, 0.29) is 18.3 Å². The largest absolute Gasteiger partial charge is 0.488 e. The van der Waals surface area contributed by atoms with Crippen molar-refractivity contribution in [2.75, 3.05) is 5.01 Å². The first-order valence-electron chi connectivity index (χ1n) is 9.35. The van der Waals surface area contributed by atoms with Crippen LogP contribution in [0.15, 0.2) is 83.5 Å². The molecule has 1 amide bonds. The number of hydrogen-bond donors (Lipinski definition) is 0. The Morgan fingerprint density at radius 3 is 2.63 bits per heavy atom. The number of anilines is 1. The summed E-state index contributed by atoms with van der Waals surface area (Å²) in [6.07, 6.45) is 1.72. The molecule has 1 aliphatic heterocycles. The molecule has 1 aliphatic rings. The van der Waals surface area contributed by atoms with Crippen molar-refractivity contribution in [3.8, 4) is 5.75 Å². The number of para-hydroxylation sites is 1. The SMILES string of the molecule is CC1=NN(c2ccccc2)C(=O)/C1=C/c1cc(Cl)ccc1OCc1cccc(F)c1. The lowest BCUT2D eigenvalue weighted by Crippen LogP contribution is -2.21. The van der Waals surface area contributed by atoms with Crippen molar-refractivity contribution in [1.82, 2.24) is 0 Å². The van der Waals surface area contributed by atoms with Crippen LogP contribution in [0.4, 0.5) is 10.1 Å². The quantitative estimate of drug-likeness (QED) is 0.485. The molecule has 3 aromatic rings. The van der Waals surface area contributed by atoms with Gasteiger partial charge in [0.15, 0.2) is 0 Å². The molecule has 4 rings (SSSR count). The summed E-state index contributed by atoms with van der Waals surface area (Å²) >= 11 is 6.18. The zero-order chi connectivity index (χ0) is 21.1. The molecule has 150 valence electrons. The average Bonchev–Trinajstić information content (AvgIpc) is 3.02. The van der Waals surface area contributed by atoms with Gasteiger partial charge in [-0.15, -0.1) is 0 Å². The van der Waals surface area contributed by atoms with E-state index in [4.69, 9.17) is 16.3 Å². The van der Waals surface area contributed by atoms with Gasteiger partial charge in [0.1, 0.15) is 18.2 Å². The molecule has 0 atom stereocenters. The monoisotopic (exact) mass is 420 g/mol. The number of rotatable bonds is 5. The molecule has 4 nitrogen and oxygen atoms in total. The number of carbonyl (C=O) groups excluding carboxylic acids is 1. The molecule has 0 N–H and O–H groups in total. The molecule has 0 aromatic heterocycles. The molecule has 30 heavy (non-hydrogen) atoms. The van der Waals surface area contributed by atoms with Gasteiger partial charge in [-0.05, 0) is 61.0 Å². The van der Waals surface area contributed by atoms with Crippen LogP contribution in [0.3, 0.4) is 0 Å². The second-order valence-electron chi connectivity index (χ2n) is 6.80. The van der Waals surface area contributed by atoms with Crippen LogP contribution in [0.25, 0.3) is 6.08 Å². The van der Waals surface area contributed by atoms with E-state index >= 15 is 0 Å². The number of hydrogen-bond acceptors (Lipinski definition) is 3. The predicted molar refractivity (Wildman–Crippen MR) is 117 cm³/mol. The molecule has 0 spiro atoms. The Labute approximate surface area is 178 Å². The summed E-state index contributed by atoms with van der Waals surface area (Å²) in [5.74, 6) is -0.0105. The van der Waals surface area contributed by atoms with Crippen molar-refractivity contribution in [3.05, 3.63) is 100 Å². The molecule has 6 heteroatoms. The summed E-state index contributed by atoms with van der Waals surface area (Å²) in [6.45, 7) is 1.97. The third-order valence-electron chi connectivity index (χ3n) is 4.62. The maximum absolute atomic E-state index is 13.4. The minimum Gasteiger partial charge on any atom is -0.488 e. The summed E-state index contributed by atoms with van der Waals surface area (Å²) in [5, 5.41) is 6.28. The van der Waals surface area contributed by atoms with E-state index < -0.39 is 0 Å². The number of amides is 1. The van der Waals surface area contributed by atoms with Gasteiger partial charge in [0.2, 0.25) is 0 Å². The predicted octanol–water partition coefficient (Wildman–Crippen LogP) is 5.86. The van der Waals surface area contributed by atoms with Gasteiger partial charge >= 0.3 is 0 Å². The van der Waals surface area contributed by atoms with Crippen LogP contribution >= 0.6 is 11.6 Å². The lowest BCUT2D eigenvalue weighted by Gasteiger charge is -2.12. The van der Waals surface area contributed by atoms with Crippen LogP contribution in [0.5, 0.6) is 5.75 Å². The zero-order valence-electron chi connectivity index (χ0n) is 16.2. The van der Waals surface area contributed by atoms with Crippen molar-refractivity contribution in [2.45, 2.75) is 13.5 Å². The van der Waals surface area contributed by atoms with Crippen molar-refractivity contribution in [1.29, 1.82) is 0 Å². The minimum absolute atomic E-state index is 0.187. The smallest absolute Gasteiger partial charge is 0.280 e. The molecular weight excluding hydrogens is 403 g/mol. The minimum atomic E-state index is -0.320. The maximum atomic E-state index is 13.4. The average molecular weight is 421 g/mol. The van der Waals surface area contributed by atoms with Crippen molar-refractivity contribution < 1.29 is 13.9 Å². The number of nitrogens with zero attached hydrogens (tertiary/aromatic N) is 2. The van der Waals surface area contributed by atoms with Crippen LogP contribution in [0.1, 0.15) is 18.1 Å². The number of halogens is 2. The van der Waals surface area contributed by atoms with Gasteiger partial charge in [-0.1, -0.05) is 41.9 Å². The van der Waals surface area contributed by atoms with E-state index in [0.29, 0.717) is 38.9 Å². The lowest BCUT2D eigenvalue weighted by molar-refractivity contribution is -0.114. The summed E-state index contributed by atoms with van der Waals surface area (Å²) < 4.78 is 19.3. The first-order valence-corrected chi connectivity index (χ1v) is 9.72. The van der Waals surface area contributed by atoms with Gasteiger partial charge < -0.3 is 4.74 Å². The topological polar surface area (TPSA) is 41.9 Å². The number of ether oxygens (including phenoxy) is 1. The molecule has 0 fully saturated rings. The second kappa shape index (κ2) is 8.51. The maximum Gasteiger partial charge on any atom is 0.280 e. The van der Waals surface area contributed by atoms with E-state index in [1.165, 1.54) is 17.1 Å². The second-order valence-corrected chi connectivity index (χ2v) is 7.23. The summed E-state index contributed by atoms with van der Waals surface area (Å²) in [4.78, 5) is 13.0.